The number of furan rings is 1. The van der Waals surface area contributed by atoms with E-state index >= 15 is 0 Å². The molecule has 0 saturated heterocycles. The molecule has 1 aromatic heterocycles. The van der Waals surface area contributed by atoms with Crippen LogP contribution in [0.4, 0.5) is 34.1 Å². The summed E-state index contributed by atoms with van der Waals surface area (Å²) in [6.07, 6.45) is 0. The Labute approximate surface area is 827 Å². The summed E-state index contributed by atoms with van der Waals surface area (Å²) in [5.74, 6) is 3.45. The fourth-order valence-corrected chi connectivity index (χ4v) is 25.7. The first-order chi connectivity index (χ1) is 68.7. The summed E-state index contributed by atoms with van der Waals surface area (Å²) in [5, 5.41) is 19.7. The van der Waals surface area contributed by atoms with Gasteiger partial charge in [0.2, 0.25) is 13.4 Å². The zero-order valence-corrected chi connectivity index (χ0v) is 83.3. The molecule has 23 aromatic rings. The molecule has 0 spiro atoms. The van der Waals surface area contributed by atoms with E-state index in [4.69, 9.17) is 13.9 Å². The second-order valence-corrected chi connectivity index (χ2v) is 51.6. The molecular formula is C132H104B2N2O3Si2. The smallest absolute Gasteiger partial charge is 0.243 e. The van der Waals surface area contributed by atoms with E-state index in [0.717, 1.165) is 101 Å². The molecule has 0 amide bonds. The van der Waals surface area contributed by atoms with Crippen molar-refractivity contribution in [3.8, 4) is 78.6 Å². The molecule has 22 aromatic carbocycles. The van der Waals surface area contributed by atoms with Crippen molar-refractivity contribution >= 4 is 193 Å². The number of ether oxygens (including phenoxy) is 2. The van der Waals surface area contributed by atoms with Gasteiger partial charge < -0.3 is 23.7 Å². The van der Waals surface area contributed by atoms with Crippen LogP contribution in [0.2, 0.25) is 39.3 Å². The van der Waals surface area contributed by atoms with Gasteiger partial charge in [0.1, 0.15) is 34.2 Å². The fraction of sp³-hybridized carbons (Fsp3) is 0.0909. The molecule has 3 heterocycles. The van der Waals surface area contributed by atoms with Crippen LogP contribution in [0.25, 0.3) is 142 Å². The molecule has 674 valence electrons. The average Bonchev–Trinajstić information content (AvgIpc) is 1.51. The number of fused-ring (bicyclic) bond motifs is 18. The Kier molecular flexibility index (Phi) is 20.8. The van der Waals surface area contributed by atoms with Gasteiger partial charge >= 0.3 is 0 Å². The van der Waals surface area contributed by atoms with Crippen molar-refractivity contribution in [1.29, 1.82) is 0 Å². The Morgan fingerprint density at radius 2 is 0.674 bits per heavy atom. The third-order valence-corrected chi connectivity index (χ3v) is 34.6. The van der Waals surface area contributed by atoms with Gasteiger partial charge in [-0.3, -0.25) is 0 Å². The zero-order chi connectivity index (χ0) is 95.4. The van der Waals surface area contributed by atoms with Crippen LogP contribution in [-0.4, -0.2) is 29.6 Å². The lowest BCUT2D eigenvalue weighted by atomic mass is 9.34. The minimum atomic E-state index is -1.53. The molecule has 9 heteroatoms. The Balaban J connectivity index is 0.000000149. The summed E-state index contributed by atoms with van der Waals surface area (Å²) < 4.78 is 20.8. The fourth-order valence-electron chi connectivity index (χ4n) is 23.4. The largest absolute Gasteiger partial charge is 0.456 e. The molecule has 0 radical (unpaired) electrons. The van der Waals surface area contributed by atoms with Crippen molar-refractivity contribution in [2.75, 3.05) is 9.80 Å². The number of hydrogen-bond donors (Lipinski definition) is 0. The highest BCUT2D eigenvalue weighted by Gasteiger charge is 2.39. The van der Waals surface area contributed by atoms with Crippen LogP contribution < -0.4 is 62.4 Å². The molecule has 0 fully saturated rings. The van der Waals surface area contributed by atoms with E-state index in [9.17, 15) is 0 Å². The second kappa shape index (κ2) is 34.0. The number of para-hydroxylation sites is 2. The van der Waals surface area contributed by atoms with Crippen molar-refractivity contribution < 1.29 is 13.9 Å². The van der Waals surface area contributed by atoms with E-state index in [1.165, 1.54) is 169 Å². The van der Waals surface area contributed by atoms with Gasteiger partial charge in [-0.15, -0.1) is 0 Å². The number of anilines is 6. The summed E-state index contributed by atoms with van der Waals surface area (Å²) in [5.41, 5.74) is 34.5. The van der Waals surface area contributed by atoms with Crippen molar-refractivity contribution in [2.45, 2.75) is 79.3 Å². The lowest BCUT2D eigenvalue weighted by molar-refractivity contribution is 0.487. The predicted molar refractivity (Wildman–Crippen MR) is 609 cm³/mol. The van der Waals surface area contributed by atoms with Gasteiger partial charge in [-0.05, 0) is 228 Å². The van der Waals surface area contributed by atoms with Crippen LogP contribution in [0.5, 0.6) is 23.0 Å². The molecule has 0 saturated carbocycles. The van der Waals surface area contributed by atoms with Crippen LogP contribution in [0.3, 0.4) is 0 Å². The van der Waals surface area contributed by atoms with E-state index < -0.39 is 16.1 Å². The lowest BCUT2D eigenvalue weighted by Crippen LogP contribution is -2.54. The quantitative estimate of drug-likeness (QED) is 0.0712. The first-order valence-electron chi connectivity index (χ1n) is 49.5. The molecular weight excluding hydrogens is 1740 g/mol. The third-order valence-electron chi connectivity index (χ3n) is 30.4. The Morgan fingerprint density at radius 1 is 0.248 bits per heavy atom. The lowest BCUT2D eigenvalue weighted by Gasteiger charge is -2.30. The maximum atomic E-state index is 7.12. The molecule has 0 unspecified atom stereocenters. The van der Waals surface area contributed by atoms with E-state index in [2.05, 4.69) is 508 Å². The summed E-state index contributed by atoms with van der Waals surface area (Å²) in [4.78, 5) is 4.81. The van der Waals surface area contributed by atoms with Crippen molar-refractivity contribution in [3.05, 3.63) is 459 Å². The van der Waals surface area contributed by atoms with E-state index in [1.807, 2.05) is 6.07 Å². The van der Waals surface area contributed by atoms with Crippen LogP contribution >= 0.6 is 0 Å². The first kappa shape index (κ1) is 86.5. The molecule has 1 aliphatic carbocycles. The second-order valence-electron chi connectivity index (χ2n) is 41.4. The van der Waals surface area contributed by atoms with Crippen LogP contribution in [0.15, 0.2) is 435 Å². The minimum Gasteiger partial charge on any atom is -0.456 e. The van der Waals surface area contributed by atoms with Crippen molar-refractivity contribution in [3.63, 3.8) is 0 Å². The van der Waals surface area contributed by atoms with Gasteiger partial charge in [0, 0.05) is 84.2 Å². The molecule has 5 nitrogen and oxygen atoms in total. The van der Waals surface area contributed by atoms with Crippen LogP contribution in [-0.2, 0) is 5.41 Å². The summed E-state index contributed by atoms with van der Waals surface area (Å²) in [7, 11) is -3.06. The molecule has 141 heavy (non-hydrogen) atoms. The number of rotatable bonds is 16. The monoisotopic (exact) mass is 1840 g/mol. The third kappa shape index (κ3) is 14.7. The number of benzene rings is 22. The summed E-state index contributed by atoms with van der Waals surface area (Å²) >= 11 is 0. The minimum absolute atomic E-state index is 0.0279. The standard InChI is InChI=1S/C67H52BNO2Si.C65H52BNOSi/c1-41-22-24-42(25-23-41)68(43-26-33-53-52-17-10-12-20-62(52)70-64(53)36-43)61-40-57-55-18-13-21-63-66(55)58(39-56(57)48-14-7-8-16-51(48)61)54-35-30-46(38-65(54)71-63)69(44-27-31-47(32-28-44)72(4,5)6)45-29-34-50-49-15-9-11-19-59(49)67(2,3)60(50)37-45;1-43-20-18-21-44(2)65(43)66(59-31-16-14-26-50(59)45-22-8-6-9-23-45)60-42-57-55-30-19-33-62-64(55)58(41-56(57)52-28-12-13-29-53(52)60)54-39-36-48(40-63(54)68-62)67(47-34-37-49(38-35-47)69(3,4)5)61-32-17-15-27-51(61)46-24-10-7-11-25-46/h7-40H,1-6H3;6-42H,1-5H3. The molecule has 0 N–H and O–H groups in total. The number of aryl methyl sites for hydroxylation is 3. The Hall–Kier alpha value is -16.0. The molecule has 3 aliphatic rings. The number of hydrogen-bond acceptors (Lipinski definition) is 5. The Bertz CT molecular complexity index is 9010. The zero-order valence-electron chi connectivity index (χ0n) is 81.3. The van der Waals surface area contributed by atoms with E-state index in [1.54, 1.807) is 0 Å². The maximum absolute atomic E-state index is 7.12. The molecule has 0 bridgehead atoms. The topological polar surface area (TPSA) is 38.1 Å². The molecule has 2 aliphatic heterocycles. The predicted octanol–water partition coefficient (Wildman–Crippen LogP) is 31.4. The molecule has 26 rings (SSSR count). The Morgan fingerprint density at radius 3 is 1.26 bits per heavy atom. The molecule has 0 atom stereocenters. The van der Waals surface area contributed by atoms with Gasteiger partial charge in [0.15, 0.2) is 0 Å². The summed E-state index contributed by atoms with van der Waals surface area (Å²) in [6, 6.07) is 160. The van der Waals surface area contributed by atoms with Gasteiger partial charge in [-0.1, -0.05) is 428 Å². The van der Waals surface area contributed by atoms with E-state index in [-0.39, 0.29) is 18.8 Å². The summed E-state index contributed by atoms with van der Waals surface area (Å²) in [6.45, 7) is 25.8. The average molecular weight is 1840 g/mol. The number of nitrogens with zero attached hydrogens (tertiary/aromatic N) is 2. The first-order valence-corrected chi connectivity index (χ1v) is 56.5. The van der Waals surface area contributed by atoms with Gasteiger partial charge in [0.25, 0.3) is 0 Å². The SMILES string of the molecule is Cc1ccc(B(c2ccc3c(c2)oc2ccccc23)c2cc3c4cccc5c4c(cc3c3ccccc23)-c2ccc(N(c3ccc([Si](C)(C)C)cc3)c3ccc4c(c3)C(C)(C)c3ccccc3-4)cc2O5)cc1.Cc1cccc(C)c1B(c1ccccc1-c1ccccc1)c1cc2c3cccc4c3c(cc2c2ccccc12)-c1ccc(N(c2ccc([Si](C)(C)C)cc2)c2ccccc2-c2ccccc2)cc1O4. The highest BCUT2D eigenvalue weighted by atomic mass is 28.3. The van der Waals surface area contributed by atoms with Crippen molar-refractivity contribution in [2.24, 2.45) is 0 Å². The van der Waals surface area contributed by atoms with Crippen LogP contribution in [0, 0.1) is 20.8 Å². The highest BCUT2D eigenvalue weighted by molar-refractivity contribution is 6.99. The van der Waals surface area contributed by atoms with E-state index in [0.29, 0.717) is 0 Å². The normalized spacial score (nSPS) is 12.7. The van der Waals surface area contributed by atoms with Gasteiger partial charge in [0.05, 0.1) is 21.8 Å². The van der Waals surface area contributed by atoms with Crippen molar-refractivity contribution in [1.82, 2.24) is 0 Å². The van der Waals surface area contributed by atoms with Gasteiger partial charge in [-0.25, -0.2) is 0 Å². The van der Waals surface area contributed by atoms with Gasteiger partial charge in [-0.2, -0.15) is 0 Å². The highest BCUT2D eigenvalue weighted by Crippen LogP contribution is 2.56. The van der Waals surface area contributed by atoms with Crippen LogP contribution in [0.1, 0.15) is 41.7 Å². The maximum Gasteiger partial charge on any atom is 0.243 e.